The summed E-state index contributed by atoms with van der Waals surface area (Å²) in [4.78, 5) is 5.32. The summed E-state index contributed by atoms with van der Waals surface area (Å²) in [6.07, 6.45) is 5.81. The largest absolute Gasteiger partial charge is 0.376 e. The standard InChI is InChI=1S/C14H26N2O2/c1-2-6-16-7-3-5-15(10-13(16)4-1)11-14-12-17-8-9-18-14/h13-14H,1-12H2. The Labute approximate surface area is 110 Å². The second-order valence-corrected chi connectivity index (χ2v) is 5.87. The lowest BCUT2D eigenvalue weighted by atomic mass is 10.0. The maximum absolute atomic E-state index is 5.78. The highest BCUT2D eigenvalue weighted by Crippen LogP contribution is 2.21. The van der Waals surface area contributed by atoms with Crippen molar-refractivity contribution in [3.05, 3.63) is 0 Å². The van der Waals surface area contributed by atoms with E-state index in [1.807, 2.05) is 0 Å². The quantitative estimate of drug-likeness (QED) is 0.733. The summed E-state index contributed by atoms with van der Waals surface area (Å²) in [6.45, 7) is 8.47. The van der Waals surface area contributed by atoms with Crippen molar-refractivity contribution >= 4 is 0 Å². The smallest absolute Gasteiger partial charge is 0.0936 e. The van der Waals surface area contributed by atoms with Crippen molar-refractivity contribution in [2.75, 3.05) is 52.5 Å². The fourth-order valence-corrected chi connectivity index (χ4v) is 3.54. The number of rotatable bonds is 2. The molecule has 0 aromatic rings. The van der Waals surface area contributed by atoms with Gasteiger partial charge < -0.3 is 9.47 Å². The van der Waals surface area contributed by atoms with E-state index < -0.39 is 0 Å². The molecule has 18 heavy (non-hydrogen) atoms. The summed E-state index contributed by atoms with van der Waals surface area (Å²) >= 11 is 0. The van der Waals surface area contributed by atoms with Gasteiger partial charge in [-0.15, -0.1) is 0 Å². The molecule has 0 aliphatic carbocycles. The molecule has 3 aliphatic rings. The minimum Gasteiger partial charge on any atom is -0.376 e. The van der Waals surface area contributed by atoms with Crippen molar-refractivity contribution in [1.29, 1.82) is 0 Å². The highest BCUT2D eigenvalue weighted by atomic mass is 16.6. The Hall–Kier alpha value is -0.160. The number of hydrogen-bond acceptors (Lipinski definition) is 4. The molecule has 0 spiro atoms. The van der Waals surface area contributed by atoms with Crippen LogP contribution in [0.4, 0.5) is 0 Å². The van der Waals surface area contributed by atoms with Crippen LogP contribution in [-0.2, 0) is 9.47 Å². The van der Waals surface area contributed by atoms with Crippen LogP contribution in [0.2, 0.25) is 0 Å². The lowest BCUT2D eigenvalue weighted by Crippen LogP contribution is -2.46. The van der Waals surface area contributed by atoms with Crippen molar-refractivity contribution in [2.45, 2.75) is 37.8 Å². The molecule has 4 nitrogen and oxygen atoms in total. The van der Waals surface area contributed by atoms with Crippen molar-refractivity contribution in [1.82, 2.24) is 9.80 Å². The first-order valence-corrected chi connectivity index (χ1v) is 7.57. The van der Waals surface area contributed by atoms with Crippen LogP contribution >= 0.6 is 0 Å². The van der Waals surface area contributed by atoms with Gasteiger partial charge in [-0.1, -0.05) is 6.42 Å². The zero-order valence-electron chi connectivity index (χ0n) is 11.4. The fourth-order valence-electron chi connectivity index (χ4n) is 3.54. The maximum atomic E-state index is 5.78. The summed E-state index contributed by atoms with van der Waals surface area (Å²) < 4.78 is 11.3. The lowest BCUT2D eigenvalue weighted by molar-refractivity contribution is -0.0980. The molecule has 0 aromatic carbocycles. The summed E-state index contributed by atoms with van der Waals surface area (Å²) in [7, 11) is 0. The van der Waals surface area contributed by atoms with Crippen LogP contribution in [0.5, 0.6) is 0 Å². The topological polar surface area (TPSA) is 24.9 Å². The second-order valence-electron chi connectivity index (χ2n) is 5.87. The van der Waals surface area contributed by atoms with Crippen LogP contribution in [0.1, 0.15) is 25.7 Å². The van der Waals surface area contributed by atoms with Crippen LogP contribution < -0.4 is 0 Å². The Morgan fingerprint density at radius 3 is 2.83 bits per heavy atom. The minimum atomic E-state index is 0.300. The van der Waals surface area contributed by atoms with E-state index in [0.717, 1.165) is 32.4 Å². The van der Waals surface area contributed by atoms with Crippen molar-refractivity contribution in [3.8, 4) is 0 Å². The molecule has 3 rings (SSSR count). The Bertz CT molecular complexity index is 256. The molecule has 3 fully saturated rings. The molecule has 0 bridgehead atoms. The number of ether oxygens (including phenoxy) is 2. The van der Waals surface area contributed by atoms with E-state index in [0.29, 0.717) is 6.10 Å². The van der Waals surface area contributed by atoms with Crippen molar-refractivity contribution < 1.29 is 9.47 Å². The molecule has 4 heteroatoms. The molecular weight excluding hydrogens is 228 g/mol. The fraction of sp³-hybridized carbons (Fsp3) is 1.00. The Morgan fingerprint density at radius 2 is 1.94 bits per heavy atom. The Balaban J connectivity index is 1.52. The summed E-state index contributed by atoms with van der Waals surface area (Å²) in [5, 5.41) is 0. The van der Waals surface area contributed by atoms with Gasteiger partial charge in [0.2, 0.25) is 0 Å². The first-order valence-electron chi connectivity index (χ1n) is 7.57. The van der Waals surface area contributed by atoms with Gasteiger partial charge >= 0.3 is 0 Å². The highest BCUT2D eigenvalue weighted by molar-refractivity contribution is 4.84. The van der Waals surface area contributed by atoms with E-state index in [1.165, 1.54) is 51.9 Å². The molecule has 0 radical (unpaired) electrons. The minimum absolute atomic E-state index is 0.300. The zero-order valence-corrected chi connectivity index (χ0v) is 11.4. The van der Waals surface area contributed by atoms with Gasteiger partial charge in [-0.05, 0) is 38.9 Å². The normalized spacial score (nSPS) is 36.0. The molecule has 0 amide bonds. The predicted octanol–water partition coefficient (Wildman–Crippen LogP) is 0.962. The molecule has 0 N–H and O–H groups in total. The number of piperidine rings is 1. The summed E-state index contributed by atoms with van der Waals surface area (Å²) in [6, 6.07) is 0.797. The molecule has 3 saturated heterocycles. The van der Waals surface area contributed by atoms with E-state index in [1.54, 1.807) is 0 Å². The SMILES string of the molecule is C1CCN2CCCN(CC3COCCO3)CC2C1. The Kier molecular flexibility index (Phi) is 4.52. The molecular formula is C14H26N2O2. The Morgan fingerprint density at radius 1 is 1.00 bits per heavy atom. The van der Waals surface area contributed by atoms with Gasteiger partial charge in [-0.2, -0.15) is 0 Å². The number of hydrogen-bond donors (Lipinski definition) is 0. The average molecular weight is 254 g/mol. The van der Waals surface area contributed by atoms with Gasteiger partial charge in [0.05, 0.1) is 25.9 Å². The zero-order chi connectivity index (χ0) is 12.2. The third-order valence-electron chi connectivity index (χ3n) is 4.48. The van der Waals surface area contributed by atoms with Crippen molar-refractivity contribution in [2.24, 2.45) is 0 Å². The summed E-state index contributed by atoms with van der Waals surface area (Å²) in [5.74, 6) is 0. The van der Waals surface area contributed by atoms with Gasteiger partial charge in [0.25, 0.3) is 0 Å². The number of fused-ring (bicyclic) bond motifs is 1. The van der Waals surface area contributed by atoms with E-state index >= 15 is 0 Å². The van der Waals surface area contributed by atoms with Crippen LogP contribution in [0.3, 0.4) is 0 Å². The highest BCUT2D eigenvalue weighted by Gasteiger charge is 2.28. The van der Waals surface area contributed by atoms with Gasteiger partial charge in [0, 0.05) is 19.1 Å². The molecule has 3 aliphatic heterocycles. The van der Waals surface area contributed by atoms with E-state index in [-0.39, 0.29) is 0 Å². The lowest BCUT2D eigenvalue weighted by Gasteiger charge is -2.36. The number of nitrogens with zero attached hydrogens (tertiary/aromatic N) is 2. The van der Waals surface area contributed by atoms with E-state index in [9.17, 15) is 0 Å². The van der Waals surface area contributed by atoms with Crippen molar-refractivity contribution in [3.63, 3.8) is 0 Å². The van der Waals surface area contributed by atoms with E-state index in [4.69, 9.17) is 9.47 Å². The second kappa shape index (κ2) is 6.33. The molecule has 3 heterocycles. The van der Waals surface area contributed by atoms with Gasteiger partial charge in [0.1, 0.15) is 0 Å². The maximum Gasteiger partial charge on any atom is 0.0936 e. The first kappa shape index (κ1) is 12.9. The third kappa shape index (κ3) is 3.23. The molecule has 2 unspecified atom stereocenters. The summed E-state index contributed by atoms with van der Waals surface area (Å²) in [5.41, 5.74) is 0. The molecule has 0 saturated carbocycles. The van der Waals surface area contributed by atoms with Gasteiger partial charge in [0.15, 0.2) is 0 Å². The van der Waals surface area contributed by atoms with Crippen LogP contribution in [-0.4, -0.2) is 74.5 Å². The molecule has 0 aromatic heterocycles. The van der Waals surface area contributed by atoms with Crippen LogP contribution in [0.15, 0.2) is 0 Å². The first-order chi connectivity index (χ1) is 8.92. The van der Waals surface area contributed by atoms with E-state index in [2.05, 4.69) is 9.80 Å². The predicted molar refractivity (Wildman–Crippen MR) is 70.8 cm³/mol. The van der Waals surface area contributed by atoms with Crippen LogP contribution in [0, 0.1) is 0 Å². The average Bonchev–Trinajstić information content (AvgIpc) is 2.61. The monoisotopic (exact) mass is 254 g/mol. The molecule has 104 valence electrons. The van der Waals surface area contributed by atoms with Crippen LogP contribution in [0.25, 0.3) is 0 Å². The third-order valence-corrected chi connectivity index (χ3v) is 4.48. The molecule has 2 atom stereocenters. The van der Waals surface area contributed by atoms with Gasteiger partial charge in [-0.3, -0.25) is 9.80 Å². The van der Waals surface area contributed by atoms with Gasteiger partial charge in [-0.25, -0.2) is 0 Å².